The second-order valence-electron chi connectivity index (χ2n) is 5.56. The molecular weight excluding hydrogens is 302 g/mol. The lowest BCUT2D eigenvalue weighted by atomic mass is 9.92. The smallest absolute Gasteiger partial charge is 0.393 e. The summed E-state index contributed by atoms with van der Waals surface area (Å²) in [4.78, 5) is 13.6. The van der Waals surface area contributed by atoms with Crippen LogP contribution in [-0.2, 0) is 6.18 Å². The monoisotopic (exact) mass is 319 g/mol. The summed E-state index contributed by atoms with van der Waals surface area (Å²) in [6.45, 7) is 2.25. The summed E-state index contributed by atoms with van der Waals surface area (Å²) in [7, 11) is 0. The van der Waals surface area contributed by atoms with E-state index in [2.05, 4.69) is 0 Å². The Morgan fingerprint density at radius 3 is 2.41 bits per heavy atom. The number of amides is 1. The Balaban J connectivity index is 2.17. The van der Waals surface area contributed by atoms with Crippen LogP contribution in [0, 0.1) is 11.7 Å². The molecule has 0 radical (unpaired) electrons. The lowest BCUT2D eigenvalue weighted by Gasteiger charge is -2.33. The molecule has 1 fully saturated rings. The number of likely N-dealkylation sites (tertiary alicyclic amines) is 1. The van der Waals surface area contributed by atoms with E-state index in [0.717, 1.165) is 0 Å². The van der Waals surface area contributed by atoms with E-state index < -0.39 is 35.1 Å². The highest BCUT2D eigenvalue weighted by Crippen LogP contribution is 2.31. The van der Waals surface area contributed by atoms with Gasteiger partial charge in [-0.05, 0) is 43.9 Å². The maximum Gasteiger partial charge on any atom is 0.416 e. The van der Waals surface area contributed by atoms with Gasteiger partial charge in [0, 0.05) is 13.1 Å². The van der Waals surface area contributed by atoms with Crippen LogP contribution in [0.1, 0.15) is 35.7 Å². The van der Waals surface area contributed by atoms with Gasteiger partial charge in [-0.15, -0.1) is 0 Å². The molecule has 1 heterocycles. The molecule has 0 spiro atoms. The van der Waals surface area contributed by atoms with E-state index in [9.17, 15) is 27.5 Å². The highest BCUT2D eigenvalue weighted by Gasteiger charge is 2.33. The molecule has 1 N–H and O–H groups in total. The number of halogens is 4. The van der Waals surface area contributed by atoms with E-state index in [4.69, 9.17) is 0 Å². The third-order valence-electron chi connectivity index (χ3n) is 4.03. The predicted molar refractivity (Wildman–Crippen MR) is 71.7 cm³/mol. The minimum absolute atomic E-state index is 0.0513. The standard InChI is InChI=1S/C15H17F4NO2/c1-9(21)10-4-6-20(7-5-10)14(22)12-8-11(15(17,18)19)2-3-13(12)16/h2-3,8-10,21H,4-7H2,1H3. The molecule has 0 aliphatic carbocycles. The van der Waals surface area contributed by atoms with E-state index in [0.29, 0.717) is 44.1 Å². The van der Waals surface area contributed by atoms with Crippen LogP contribution in [0.3, 0.4) is 0 Å². The maximum atomic E-state index is 13.7. The topological polar surface area (TPSA) is 40.5 Å². The highest BCUT2D eigenvalue weighted by molar-refractivity contribution is 5.94. The summed E-state index contributed by atoms with van der Waals surface area (Å²) in [5.41, 5.74) is -1.61. The van der Waals surface area contributed by atoms with Gasteiger partial charge in [-0.2, -0.15) is 13.2 Å². The first-order chi connectivity index (χ1) is 10.2. The minimum Gasteiger partial charge on any atom is -0.393 e. The van der Waals surface area contributed by atoms with E-state index in [-0.39, 0.29) is 5.92 Å². The van der Waals surface area contributed by atoms with Gasteiger partial charge in [0.1, 0.15) is 5.82 Å². The molecule has 1 amide bonds. The van der Waals surface area contributed by atoms with Gasteiger partial charge >= 0.3 is 6.18 Å². The minimum atomic E-state index is -4.62. The van der Waals surface area contributed by atoms with Gasteiger partial charge in [-0.1, -0.05) is 0 Å². The molecule has 7 heteroatoms. The Kier molecular flexibility index (Phi) is 4.75. The van der Waals surface area contributed by atoms with E-state index in [1.54, 1.807) is 6.92 Å². The highest BCUT2D eigenvalue weighted by atomic mass is 19.4. The quantitative estimate of drug-likeness (QED) is 0.851. The molecule has 1 atom stereocenters. The molecule has 2 rings (SSSR count). The molecule has 1 unspecified atom stereocenters. The van der Waals surface area contributed by atoms with Crippen molar-refractivity contribution >= 4 is 5.91 Å². The van der Waals surface area contributed by atoms with Crippen molar-refractivity contribution < 1.29 is 27.5 Å². The molecule has 0 saturated carbocycles. The van der Waals surface area contributed by atoms with Crippen LogP contribution in [0.5, 0.6) is 0 Å². The number of piperidine rings is 1. The van der Waals surface area contributed by atoms with Crippen molar-refractivity contribution in [2.75, 3.05) is 13.1 Å². The molecule has 0 bridgehead atoms. The summed E-state index contributed by atoms with van der Waals surface area (Å²) in [5, 5.41) is 9.50. The first-order valence-corrected chi connectivity index (χ1v) is 7.04. The Hall–Kier alpha value is -1.63. The summed E-state index contributed by atoms with van der Waals surface area (Å²) >= 11 is 0. The number of carbonyl (C=O) groups excluding carboxylic acids is 1. The lowest BCUT2D eigenvalue weighted by Crippen LogP contribution is -2.41. The van der Waals surface area contributed by atoms with Crippen molar-refractivity contribution in [3.8, 4) is 0 Å². The van der Waals surface area contributed by atoms with Crippen molar-refractivity contribution in [1.29, 1.82) is 0 Å². The van der Waals surface area contributed by atoms with Gasteiger partial charge in [-0.25, -0.2) is 4.39 Å². The summed E-state index contributed by atoms with van der Waals surface area (Å²) in [6.07, 6.45) is -4.03. The van der Waals surface area contributed by atoms with Crippen LogP contribution >= 0.6 is 0 Å². The second kappa shape index (κ2) is 6.24. The molecule has 3 nitrogen and oxygen atoms in total. The average Bonchev–Trinajstić information content (AvgIpc) is 2.46. The first-order valence-electron chi connectivity index (χ1n) is 7.04. The Morgan fingerprint density at radius 1 is 1.32 bits per heavy atom. The van der Waals surface area contributed by atoms with Gasteiger partial charge in [0.2, 0.25) is 0 Å². The van der Waals surface area contributed by atoms with Gasteiger partial charge in [0.25, 0.3) is 5.91 Å². The molecule has 1 aliphatic rings. The van der Waals surface area contributed by atoms with Gasteiger partial charge in [0.15, 0.2) is 0 Å². The zero-order valence-corrected chi connectivity index (χ0v) is 12.0. The van der Waals surface area contributed by atoms with Crippen LogP contribution in [0.25, 0.3) is 0 Å². The molecule has 22 heavy (non-hydrogen) atoms. The van der Waals surface area contributed by atoms with Crippen molar-refractivity contribution in [3.63, 3.8) is 0 Å². The fourth-order valence-electron chi connectivity index (χ4n) is 2.62. The molecule has 122 valence electrons. The Bertz CT molecular complexity index is 549. The Morgan fingerprint density at radius 2 is 1.91 bits per heavy atom. The number of nitrogens with zero attached hydrogens (tertiary/aromatic N) is 1. The number of carbonyl (C=O) groups is 1. The van der Waals surface area contributed by atoms with Crippen molar-refractivity contribution in [2.45, 2.75) is 32.0 Å². The lowest BCUT2D eigenvalue weighted by molar-refractivity contribution is -0.137. The molecule has 0 aromatic heterocycles. The number of hydrogen-bond donors (Lipinski definition) is 1. The predicted octanol–water partition coefficient (Wildman–Crippen LogP) is 3.08. The number of hydrogen-bond acceptors (Lipinski definition) is 2. The molecule has 1 aromatic carbocycles. The van der Waals surface area contributed by atoms with Crippen LogP contribution in [0.15, 0.2) is 18.2 Å². The van der Waals surface area contributed by atoms with Crippen LogP contribution in [0.4, 0.5) is 17.6 Å². The van der Waals surface area contributed by atoms with Crippen molar-refractivity contribution in [3.05, 3.63) is 35.1 Å². The number of rotatable bonds is 2. The summed E-state index contributed by atoms with van der Waals surface area (Å²) in [5.74, 6) is -1.65. The van der Waals surface area contributed by atoms with Crippen LogP contribution < -0.4 is 0 Å². The molecule has 1 aromatic rings. The maximum absolute atomic E-state index is 13.7. The van der Waals surface area contributed by atoms with Crippen molar-refractivity contribution in [1.82, 2.24) is 4.90 Å². The van der Waals surface area contributed by atoms with Crippen molar-refractivity contribution in [2.24, 2.45) is 5.92 Å². The van der Waals surface area contributed by atoms with Gasteiger partial charge < -0.3 is 10.0 Å². The van der Waals surface area contributed by atoms with E-state index in [1.165, 1.54) is 4.90 Å². The Labute approximate surface area is 125 Å². The number of benzene rings is 1. The number of alkyl halides is 3. The zero-order chi connectivity index (χ0) is 16.5. The van der Waals surface area contributed by atoms with E-state index >= 15 is 0 Å². The fourth-order valence-corrected chi connectivity index (χ4v) is 2.62. The first kappa shape index (κ1) is 16.7. The SMILES string of the molecule is CC(O)C1CCN(C(=O)c2cc(C(F)(F)F)ccc2F)CC1. The average molecular weight is 319 g/mol. The summed E-state index contributed by atoms with van der Waals surface area (Å²) < 4.78 is 51.7. The summed E-state index contributed by atoms with van der Waals surface area (Å²) in [6, 6.07) is 1.84. The third kappa shape index (κ3) is 3.58. The van der Waals surface area contributed by atoms with Gasteiger partial charge in [-0.3, -0.25) is 4.79 Å². The van der Waals surface area contributed by atoms with Crippen LogP contribution in [-0.4, -0.2) is 35.1 Å². The normalized spacial score (nSPS) is 18.4. The molecule has 1 saturated heterocycles. The fraction of sp³-hybridized carbons (Fsp3) is 0.533. The number of aliphatic hydroxyl groups is 1. The molecular formula is C15H17F4NO2. The second-order valence-corrected chi connectivity index (χ2v) is 5.56. The van der Waals surface area contributed by atoms with E-state index in [1.807, 2.05) is 0 Å². The largest absolute Gasteiger partial charge is 0.416 e. The van der Waals surface area contributed by atoms with Crippen LogP contribution in [0.2, 0.25) is 0 Å². The van der Waals surface area contributed by atoms with Gasteiger partial charge in [0.05, 0.1) is 17.2 Å². The molecule has 1 aliphatic heterocycles. The third-order valence-corrected chi connectivity index (χ3v) is 4.03. The number of aliphatic hydroxyl groups excluding tert-OH is 1. The zero-order valence-electron chi connectivity index (χ0n) is 12.0.